The molecular formula is C23H20N4O2S2. The molecule has 0 saturated carbocycles. The molecule has 0 radical (unpaired) electrons. The van der Waals surface area contributed by atoms with Gasteiger partial charge in [-0.2, -0.15) is 26.0 Å². The van der Waals surface area contributed by atoms with Crippen LogP contribution in [0.5, 0.6) is 0 Å². The molecule has 2 aromatic heterocycles. The van der Waals surface area contributed by atoms with Crippen LogP contribution in [0.4, 0.5) is 0 Å². The fourth-order valence-electron chi connectivity index (χ4n) is 3.79. The molecule has 6 nitrogen and oxygen atoms in total. The highest BCUT2D eigenvalue weighted by Gasteiger charge is 2.37. The van der Waals surface area contributed by atoms with Gasteiger partial charge >= 0.3 is 0 Å². The van der Waals surface area contributed by atoms with Gasteiger partial charge in [0.05, 0.1) is 29.4 Å². The first kappa shape index (κ1) is 19.7. The van der Waals surface area contributed by atoms with E-state index in [1.54, 1.807) is 16.0 Å². The lowest BCUT2D eigenvalue weighted by Gasteiger charge is -2.21. The number of para-hydroxylation sites is 1. The average molecular weight is 449 g/mol. The van der Waals surface area contributed by atoms with Crippen LogP contribution in [0, 0.1) is 0 Å². The van der Waals surface area contributed by atoms with E-state index in [1.165, 1.54) is 10.7 Å². The fourth-order valence-corrected chi connectivity index (χ4v) is 5.36. The van der Waals surface area contributed by atoms with Crippen molar-refractivity contribution < 1.29 is 8.42 Å². The van der Waals surface area contributed by atoms with Crippen LogP contribution in [-0.2, 0) is 10.0 Å². The summed E-state index contributed by atoms with van der Waals surface area (Å²) in [5, 5.41) is 13.3. The number of aromatic nitrogens is 2. The van der Waals surface area contributed by atoms with Crippen molar-refractivity contribution in [3.63, 3.8) is 0 Å². The zero-order valence-corrected chi connectivity index (χ0v) is 18.4. The molecule has 1 unspecified atom stereocenters. The van der Waals surface area contributed by atoms with Crippen molar-refractivity contribution in [3.05, 3.63) is 94.8 Å². The van der Waals surface area contributed by atoms with Gasteiger partial charge in [0.2, 0.25) is 10.0 Å². The summed E-state index contributed by atoms with van der Waals surface area (Å²) in [6, 6.07) is 21.2. The van der Waals surface area contributed by atoms with E-state index in [1.807, 2.05) is 83.7 Å². The molecule has 0 saturated heterocycles. The third-order valence-electron chi connectivity index (χ3n) is 5.24. The van der Waals surface area contributed by atoms with Crippen LogP contribution in [0.2, 0.25) is 0 Å². The van der Waals surface area contributed by atoms with Crippen molar-refractivity contribution in [2.75, 3.05) is 6.26 Å². The number of benzene rings is 2. The van der Waals surface area contributed by atoms with Crippen LogP contribution >= 0.6 is 11.3 Å². The Kier molecular flexibility index (Phi) is 4.95. The van der Waals surface area contributed by atoms with Crippen LogP contribution in [0.3, 0.4) is 0 Å². The number of thiophene rings is 1. The molecule has 0 bridgehead atoms. The van der Waals surface area contributed by atoms with E-state index in [0.717, 1.165) is 33.8 Å². The lowest BCUT2D eigenvalue weighted by atomic mass is 9.98. The second kappa shape index (κ2) is 7.79. The number of sulfonamides is 1. The number of rotatable bonds is 5. The molecule has 1 aliphatic rings. The second-order valence-corrected chi connectivity index (χ2v) is 10.0. The van der Waals surface area contributed by atoms with Crippen LogP contribution in [0.25, 0.3) is 16.9 Å². The lowest BCUT2D eigenvalue weighted by Crippen LogP contribution is -2.26. The smallest absolute Gasteiger partial charge is 0.240 e. The molecule has 1 atom stereocenters. The molecule has 8 heteroatoms. The van der Waals surface area contributed by atoms with Gasteiger partial charge in [-0.1, -0.05) is 48.5 Å². The topological polar surface area (TPSA) is 67.6 Å². The van der Waals surface area contributed by atoms with E-state index in [-0.39, 0.29) is 0 Å². The lowest BCUT2D eigenvalue weighted by molar-refractivity contribution is 0.375. The predicted molar refractivity (Wildman–Crippen MR) is 124 cm³/mol. The molecular weight excluding hydrogens is 428 g/mol. The molecule has 2 aromatic carbocycles. The van der Waals surface area contributed by atoms with Gasteiger partial charge in [0, 0.05) is 29.3 Å². The van der Waals surface area contributed by atoms with Gasteiger partial charge in [0.1, 0.15) is 0 Å². The fraction of sp³-hybridized carbons (Fsp3) is 0.130. The third kappa shape index (κ3) is 3.80. The Balaban J connectivity index is 1.65. The predicted octanol–water partition coefficient (Wildman–Crippen LogP) is 4.71. The maximum atomic E-state index is 12.7. The first-order valence-electron chi connectivity index (χ1n) is 9.80. The monoisotopic (exact) mass is 448 g/mol. The average Bonchev–Trinajstić information content (AvgIpc) is 3.53. The highest BCUT2D eigenvalue weighted by Crippen LogP contribution is 2.39. The minimum absolute atomic E-state index is 0.461. The van der Waals surface area contributed by atoms with Gasteiger partial charge in [0.15, 0.2) is 0 Å². The van der Waals surface area contributed by atoms with E-state index in [2.05, 4.69) is 5.10 Å². The number of hydrazone groups is 1. The Labute approximate surface area is 185 Å². The quantitative estimate of drug-likeness (QED) is 0.444. The standard InChI is InChI=1S/C23H20N4O2S2/c1-31(28,29)27-22(14-21(24-27)18-12-13-30-16-18)20-15-26(19-10-6-3-7-11-19)25-23(20)17-8-4-2-5-9-17/h2-13,15-16,22H,14H2,1H3. The normalized spacial score (nSPS) is 16.5. The van der Waals surface area contributed by atoms with Crippen LogP contribution < -0.4 is 0 Å². The molecule has 0 aliphatic carbocycles. The highest BCUT2D eigenvalue weighted by molar-refractivity contribution is 7.88. The summed E-state index contributed by atoms with van der Waals surface area (Å²) in [5.41, 5.74) is 5.15. The highest BCUT2D eigenvalue weighted by atomic mass is 32.2. The van der Waals surface area contributed by atoms with Crippen LogP contribution in [0.15, 0.2) is 88.8 Å². The minimum Gasteiger partial charge on any atom is -0.240 e. The number of nitrogens with zero attached hydrogens (tertiary/aromatic N) is 4. The zero-order valence-electron chi connectivity index (χ0n) is 16.8. The SMILES string of the molecule is CS(=O)(=O)N1N=C(c2ccsc2)CC1c1cn(-c2ccccc2)nc1-c1ccccc1. The molecule has 5 rings (SSSR count). The summed E-state index contributed by atoms with van der Waals surface area (Å²) in [6.45, 7) is 0. The maximum Gasteiger partial charge on any atom is 0.247 e. The van der Waals surface area contributed by atoms with Gasteiger partial charge < -0.3 is 0 Å². The van der Waals surface area contributed by atoms with E-state index < -0.39 is 16.1 Å². The molecule has 156 valence electrons. The summed E-state index contributed by atoms with van der Waals surface area (Å²) >= 11 is 1.57. The van der Waals surface area contributed by atoms with Gasteiger partial charge in [-0.3, -0.25) is 0 Å². The van der Waals surface area contributed by atoms with E-state index in [0.29, 0.717) is 6.42 Å². The first-order valence-corrected chi connectivity index (χ1v) is 12.6. The van der Waals surface area contributed by atoms with Crippen molar-refractivity contribution in [3.8, 4) is 16.9 Å². The van der Waals surface area contributed by atoms with Crippen molar-refractivity contribution in [1.82, 2.24) is 14.2 Å². The number of hydrogen-bond donors (Lipinski definition) is 0. The van der Waals surface area contributed by atoms with Gasteiger partial charge in [-0.05, 0) is 29.0 Å². The van der Waals surface area contributed by atoms with E-state index in [9.17, 15) is 8.42 Å². The Hall–Kier alpha value is -3.23. The minimum atomic E-state index is -3.57. The van der Waals surface area contributed by atoms with Crippen molar-refractivity contribution >= 4 is 27.1 Å². The Bertz CT molecular complexity index is 1330. The summed E-state index contributed by atoms with van der Waals surface area (Å²) in [5.74, 6) is 0. The van der Waals surface area contributed by atoms with Gasteiger partial charge in [0.25, 0.3) is 0 Å². The van der Waals surface area contributed by atoms with E-state index >= 15 is 0 Å². The van der Waals surface area contributed by atoms with Crippen molar-refractivity contribution in [2.24, 2.45) is 5.10 Å². The molecule has 0 spiro atoms. The first-order chi connectivity index (χ1) is 15.0. The van der Waals surface area contributed by atoms with Crippen molar-refractivity contribution in [1.29, 1.82) is 0 Å². The second-order valence-electron chi connectivity index (χ2n) is 7.39. The Morgan fingerprint density at radius 1 is 0.968 bits per heavy atom. The molecule has 4 aromatic rings. The summed E-state index contributed by atoms with van der Waals surface area (Å²) in [4.78, 5) is 0. The van der Waals surface area contributed by atoms with Crippen LogP contribution in [-0.4, -0.2) is 34.6 Å². The van der Waals surface area contributed by atoms with Gasteiger partial charge in [-0.25, -0.2) is 13.1 Å². The number of hydrogen-bond acceptors (Lipinski definition) is 5. The summed E-state index contributed by atoms with van der Waals surface area (Å²) in [6.07, 6.45) is 3.61. The van der Waals surface area contributed by atoms with Crippen LogP contribution in [0.1, 0.15) is 23.6 Å². The molecule has 0 amide bonds. The summed E-state index contributed by atoms with van der Waals surface area (Å²) < 4.78 is 28.3. The molecule has 0 fully saturated rings. The van der Waals surface area contributed by atoms with Crippen molar-refractivity contribution in [2.45, 2.75) is 12.5 Å². The van der Waals surface area contributed by atoms with E-state index in [4.69, 9.17) is 5.10 Å². The molecule has 31 heavy (non-hydrogen) atoms. The summed E-state index contributed by atoms with van der Waals surface area (Å²) in [7, 11) is -3.57. The Morgan fingerprint density at radius 2 is 1.68 bits per heavy atom. The molecule has 3 heterocycles. The maximum absolute atomic E-state index is 12.7. The largest absolute Gasteiger partial charge is 0.247 e. The molecule has 1 aliphatic heterocycles. The molecule has 0 N–H and O–H groups in total. The zero-order chi connectivity index (χ0) is 21.4. The van der Waals surface area contributed by atoms with Gasteiger partial charge in [-0.15, -0.1) is 0 Å². The Morgan fingerprint density at radius 3 is 2.32 bits per heavy atom. The third-order valence-corrected chi connectivity index (χ3v) is 6.94.